The number of nitrogens with one attached hydrogen (secondary N) is 1. The maximum atomic E-state index is 10.3. The van der Waals surface area contributed by atoms with Crippen molar-refractivity contribution in [1.29, 1.82) is 0 Å². The van der Waals surface area contributed by atoms with Gasteiger partial charge in [-0.1, -0.05) is 44.2 Å². The molecule has 1 saturated heterocycles. The van der Waals surface area contributed by atoms with E-state index in [1.165, 1.54) is 19.3 Å². The SMILES string of the molecule is CC(C)CCNCC1CCN(CC(O)c2ccccc2)CC1. The van der Waals surface area contributed by atoms with Crippen molar-refractivity contribution in [2.75, 3.05) is 32.7 Å². The molecule has 1 aliphatic heterocycles. The second-order valence-electron chi connectivity index (χ2n) is 7.06. The zero-order valence-electron chi connectivity index (χ0n) is 14.2. The van der Waals surface area contributed by atoms with Gasteiger partial charge in [0.05, 0.1) is 6.10 Å². The molecule has 3 nitrogen and oxygen atoms in total. The fraction of sp³-hybridized carbons (Fsp3) is 0.684. The Kier molecular flexibility index (Phi) is 7.37. The number of hydrogen-bond donors (Lipinski definition) is 2. The number of nitrogens with zero attached hydrogens (tertiary/aromatic N) is 1. The molecule has 22 heavy (non-hydrogen) atoms. The summed E-state index contributed by atoms with van der Waals surface area (Å²) < 4.78 is 0. The van der Waals surface area contributed by atoms with E-state index in [4.69, 9.17) is 0 Å². The van der Waals surface area contributed by atoms with Gasteiger partial charge in [-0.15, -0.1) is 0 Å². The Balaban J connectivity index is 1.63. The molecule has 1 unspecified atom stereocenters. The van der Waals surface area contributed by atoms with Crippen LogP contribution in [0.1, 0.15) is 44.8 Å². The third-order valence-electron chi connectivity index (χ3n) is 4.65. The molecule has 3 heteroatoms. The normalized spacial score (nSPS) is 18.7. The second kappa shape index (κ2) is 9.29. The van der Waals surface area contributed by atoms with Crippen molar-refractivity contribution in [1.82, 2.24) is 10.2 Å². The van der Waals surface area contributed by atoms with Crippen molar-refractivity contribution < 1.29 is 5.11 Å². The first-order valence-corrected chi connectivity index (χ1v) is 8.81. The number of aliphatic hydroxyl groups is 1. The van der Waals surface area contributed by atoms with Gasteiger partial charge in [-0.05, 0) is 62.8 Å². The van der Waals surface area contributed by atoms with E-state index in [2.05, 4.69) is 24.1 Å². The predicted molar refractivity (Wildman–Crippen MR) is 92.9 cm³/mol. The summed E-state index contributed by atoms with van der Waals surface area (Å²) in [6.45, 7) is 9.83. The fourth-order valence-electron chi connectivity index (χ4n) is 3.10. The lowest BCUT2D eigenvalue weighted by molar-refractivity contribution is 0.0891. The molecule has 1 aromatic carbocycles. The minimum absolute atomic E-state index is 0.359. The molecule has 1 heterocycles. The van der Waals surface area contributed by atoms with E-state index in [9.17, 15) is 5.11 Å². The third-order valence-corrected chi connectivity index (χ3v) is 4.65. The quantitative estimate of drug-likeness (QED) is 0.725. The summed E-state index contributed by atoms with van der Waals surface area (Å²) in [7, 11) is 0. The van der Waals surface area contributed by atoms with Crippen LogP contribution in [-0.2, 0) is 0 Å². The van der Waals surface area contributed by atoms with Crippen molar-refractivity contribution in [3.63, 3.8) is 0 Å². The Labute approximate surface area is 135 Å². The van der Waals surface area contributed by atoms with E-state index in [1.54, 1.807) is 0 Å². The van der Waals surface area contributed by atoms with Crippen molar-refractivity contribution in [2.24, 2.45) is 11.8 Å². The van der Waals surface area contributed by atoms with Gasteiger partial charge in [0.15, 0.2) is 0 Å². The maximum absolute atomic E-state index is 10.3. The Hall–Kier alpha value is -0.900. The van der Waals surface area contributed by atoms with Crippen LogP contribution in [0.4, 0.5) is 0 Å². The summed E-state index contributed by atoms with van der Waals surface area (Å²) in [5, 5.41) is 13.9. The Morgan fingerprint density at radius 3 is 2.50 bits per heavy atom. The van der Waals surface area contributed by atoms with Crippen molar-refractivity contribution in [2.45, 2.75) is 39.2 Å². The van der Waals surface area contributed by atoms with E-state index < -0.39 is 0 Å². The number of benzene rings is 1. The lowest BCUT2D eigenvalue weighted by Gasteiger charge is -2.33. The summed E-state index contributed by atoms with van der Waals surface area (Å²) >= 11 is 0. The molecule has 0 spiro atoms. The standard InChI is InChI=1S/C19H32N2O/c1-16(2)8-11-20-14-17-9-12-21(13-10-17)15-19(22)18-6-4-3-5-7-18/h3-7,16-17,19-20,22H,8-15H2,1-2H3. The molecule has 0 aliphatic carbocycles. The zero-order valence-corrected chi connectivity index (χ0v) is 14.2. The van der Waals surface area contributed by atoms with E-state index in [1.807, 2.05) is 30.3 Å². The van der Waals surface area contributed by atoms with Gasteiger partial charge in [0.2, 0.25) is 0 Å². The summed E-state index contributed by atoms with van der Waals surface area (Å²) in [6.07, 6.45) is 3.40. The van der Waals surface area contributed by atoms with Gasteiger partial charge >= 0.3 is 0 Å². The van der Waals surface area contributed by atoms with Crippen LogP contribution in [0.15, 0.2) is 30.3 Å². The van der Waals surface area contributed by atoms with Crippen LogP contribution in [0, 0.1) is 11.8 Å². The van der Waals surface area contributed by atoms with Gasteiger partial charge in [0.25, 0.3) is 0 Å². The van der Waals surface area contributed by atoms with Gasteiger partial charge in [0.1, 0.15) is 0 Å². The van der Waals surface area contributed by atoms with Crippen LogP contribution < -0.4 is 5.32 Å². The first-order chi connectivity index (χ1) is 10.6. The first-order valence-electron chi connectivity index (χ1n) is 8.81. The molecular formula is C19H32N2O. The van der Waals surface area contributed by atoms with E-state index in [0.717, 1.165) is 50.1 Å². The average Bonchev–Trinajstić information content (AvgIpc) is 2.54. The number of aliphatic hydroxyl groups excluding tert-OH is 1. The second-order valence-corrected chi connectivity index (χ2v) is 7.06. The van der Waals surface area contributed by atoms with Crippen LogP contribution in [0.3, 0.4) is 0 Å². The molecular weight excluding hydrogens is 272 g/mol. The molecule has 0 amide bonds. The molecule has 0 aromatic heterocycles. The Morgan fingerprint density at radius 2 is 1.86 bits per heavy atom. The topological polar surface area (TPSA) is 35.5 Å². The molecule has 1 atom stereocenters. The van der Waals surface area contributed by atoms with E-state index in [-0.39, 0.29) is 6.10 Å². The molecule has 1 fully saturated rings. The minimum Gasteiger partial charge on any atom is -0.387 e. The minimum atomic E-state index is -0.359. The van der Waals surface area contributed by atoms with Crippen molar-refractivity contribution in [3.8, 4) is 0 Å². The predicted octanol–water partition coefficient (Wildman–Crippen LogP) is 3.07. The lowest BCUT2D eigenvalue weighted by Crippen LogP contribution is -2.39. The number of hydrogen-bond acceptors (Lipinski definition) is 3. The highest BCUT2D eigenvalue weighted by molar-refractivity contribution is 5.17. The summed E-state index contributed by atoms with van der Waals surface area (Å²) in [4.78, 5) is 2.41. The van der Waals surface area contributed by atoms with Gasteiger partial charge in [0, 0.05) is 6.54 Å². The zero-order chi connectivity index (χ0) is 15.8. The van der Waals surface area contributed by atoms with Crippen LogP contribution in [-0.4, -0.2) is 42.7 Å². The summed E-state index contributed by atoms with van der Waals surface area (Å²) in [5.74, 6) is 1.59. The molecule has 0 radical (unpaired) electrons. The van der Waals surface area contributed by atoms with Gasteiger partial charge in [-0.25, -0.2) is 0 Å². The summed E-state index contributed by atoms with van der Waals surface area (Å²) in [6, 6.07) is 10.0. The van der Waals surface area contributed by atoms with Crippen LogP contribution in [0.2, 0.25) is 0 Å². The van der Waals surface area contributed by atoms with Gasteiger partial charge in [-0.3, -0.25) is 0 Å². The number of rotatable bonds is 8. The smallest absolute Gasteiger partial charge is 0.0916 e. The largest absolute Gasteiger partial charge is 0.387 e. The van der Waals surface area contributed by atoms with Crippen LogP contribution >= 0.6 is 0 Å². The molecule has 0 saturated carbocycles. The van der Waals surface area contributed by atoms with Crippen molar-refractivity contribution >= 4 is 0 Å². The molecule has 0 bridgehead atoms. The highest BCUT2D eigenvalue weighted by Crippen LogP contribution is 2.20. The highest BCUT2D eigenvalue weighted by Gasteiger charge is 2.21. The van der Waals surface area contributed by atoms with E-state index in [0.29, 0.717) is 0 Å². The van der Waals surface area contributed by atoms with Crippen LogP contribution in [0.25, 0.3) is 0 Å². The van der Waals surface area contributed by atoms with E-state index >= 15 is 0 Å². The maximum Gasteiger partial charge on any atom is 0.0916 e. The summed E-state index contributed by atoms with van der Waals surface area (Å²) in [5.41, 5.74) is 1.03. The van der Waals surface area contributed by atoms with Gasteiger partial charge < -0.3 is 15.3 Å². The number of likely N-dealkylation sites (tertiary alicyclic amines) is 1. The third kappa shape index (κ3) is 6.07. The molecule has 2 rings (SSSR count). The monoisotopic (exact) mass is 304 g/mol. The first kappa shape index (κ1) is 17.5. The molecule has 2 N–H and O–H groups in total. The number of piperidine rings is 1. The molecule has 1 aromatic rings. The van der Waals surface area contributed by atoms with Gasteiger partial charge in [-0.2, -0.15) is 0 Å². The Morgan fingerprint density at radius 1 is 1.18 bits per heavy atom. The molecule has 1 aliphatic rings. The fourth-order valence-corrected chi connectivity index (χ4v) is 3.10. The number of β-amino-alcohol motifs (C(OH)–C–C–N with tert-alkyl or cyclic N) is 1. The lowest BCUT2D eigenvalue weighted by atomic mass is 9.96. The van der Waals surface area contributed by atoms with Crippen LogP contribution in [0.5, 0.6) is 0 Å². The highest BCUT2D eigenvalue weighted by atomic mass is 16.3. The average molecular weight is 304 g/mol. The van der Waals surface area contributed by atoms with Crippen molar-refractivity contribution in [3.05, 3.63) is 35.9 Å². The Bertz CT molecular complexity index is 399. The molecule has 124 valence electrons.